The second-order valence-electron chi connectivity index (χ2n) is 8.17. The van der Waals surface area contributed by atoms with Crippen molar-refractivity contribution in [1.82, 2.24) is 15.1 Å². The third-order valence-corrected chi connectivity index (χ3v) is 6.30. The Balaban J connectivity index is 1.16. The fraction of sp³-hybridized carbons (Fsp3) is 0.348. The summed E-state index contributed by atoms with van der Waals surface area (Å²) >= 11 is 6.08. The Morgan fingerprint density at radius 3 is 2.61 bits per heavy atom. The van der Waals surface area contributed by atoms with E-state index < -0.39 is 18.0 Å². The summed E-state index contributed by atoms with van der Waals surface area (Å²) in [4.78, 5) is 43.1. The number of urea groups is 1. The van der Waals surface area contributed by atoms with Crippen LogP contribution in [0.25, 0.3) is 0 Å². The lowest BCUT2D eigenvalue weighted by Gasteiger charge is -2.36. The van der Waals surface area contributed by atoms with Crippen LogP contribution in [0.2, 0.25) is 5.02 Å². The summed E-state index contributed by atoms with van der Waals surface area (Å²) in [5.74, 6) is 0.672. The Hall–Kier alpha value is -3.46. The molecule has 4 amide bonds. The highest BCUT2D eigenvalue weighted by Gasteiger charge is 2.40. The molecule has 0 bridgehead atoms. The third-order valence-electron chi connectivity index (χ3n) is 6.07. The first-order valence-electron chi connectivity index (χ1n) is 10.8. The maximum Gasteiger partial charge on any atom is 0.325 e. The van der Waals surface area contributed by atoms with Crippen molar-refractivity contribution >= 4 is 35.1 Å². The fourth-order valence-corrected chi connectivity index (χ4v) is 4.46. The molecular weight excluding hydrogens is 448 g/mol. The Labute approximate surface area is 195 Å². The number of anilines is 1. The number of nitrogens with one attached hydrogen (secondary N) is 1. The van der Waals surface area contributed by atoms with Gasteiger partial charge in [0.2, 0.25) is 12.7 Å². The Morgan fingerprint density at radius 2 is 1.82 bits per heavy atom. The van der Waals surface area contributed by atoms with Gasteiger partial charge < -0.3 is 24.6 Å². The molecule has 0 aromatic heterocycles. The molecule has 2 aromatic rings. The molecule has 0 saturated carbocycles. The summed E-state index contributed by atoms with van der Waals surface area (Å²) in [6.07, 6.45) is -0.0562. The Kier molecular flexibility index (Phi) is 5.72. The van der Waals surface area contributed by atoms with Crippen LogP contribution in [-0.4, -0.2) is 66.7 Å². The van der Waals surface area contributed by atoms with Crippen LogP contribution in [0, 0.1) is 0 Å². The van der Waals surface area contributed by atoms with Gasteiger partial charge >= 0.3 is 6.03 Å². The molecule has 33 heavy (non-hydrogen) atoms. The molecule has 1 N–H and O–H groups in total. The number of hydrogen-bond donors (Lipinski definition) is 1. The number of piperazine rings is 1. The molecule has 2 saturated heterocycles. The van der Waals surface area contributed by atoms with Crippen molar-refractivity contribution < 1.29 is 23.9 Å². The van der Waals surface area contributed by atoms with Gasteiger partial charge in [0.1, 0.15) is 6.04 Å². The van der Waals surface area contributed by atoms with E-state index >= 15 is 0 Å². The summed E-state index contributed by atoms with van der Waals surface area (Å²) in [5.41, 5.74) is 1.76. The van der Waals surface area contributed by atoms with Crippen molar-refractivity contribution in [2.75, 3.05) is 37.9 Å². The highest BCUT2D eigenvalue weighted by molar-refractivity contribution is 6.30. The van der Waals surface area contributed by atoms with Crippen molar-refractivity contribution in [2.45, 2.75) is 19.0 Å². The number of carbonyl (C=O) groups is 3. The van der Waals surface area contributed by atoms with Crippen LogP contribution in [0.3, 0.4) is 0 Å². The van der Waals surface area contributed by atoms with Crippen LogP contribution in [0.15, 0.2) is 42.5 Å². The maximum absolute atomic E-state index is 12.8. The zero-order valence-corrected chi connectivity index (χ0v) is 18.6. The Bertz CT molecular complexity index is 1100. The largest absolute Gasteiger partial charge is 0.454 e. The van der Waals surface area contributed by atoms with E-state index in [1.54, 1.807) is 23.1 Å². The topological polar surface area (TPSA) is 91.4 Å². The normalized spacial score (nSPS) is 19.8. The van der Waals surface area contributed by atoms with Gasteiger partial charge in [0.05, 0.1) is 13.0 Å². The molecule has 9 nitrogen and oxygen atoms in total. The number of amides is 4. The molecule has 0 aliphatic carbocycles. The highest BCUT2D eigenvalue weighted by atomic mass is 35.5. The van der Waals surface area contributed by atoms with Gasteiger partial charge in [0, 0.05) is 36.9 Å². The molecule has 1 unspecified atom stereocenters. The van der Waals surface area contributed by atoms with Crippen LogP contribution >= 0.6 is 11.6 Å². The second-order valence-corrected chi connectivity index (χ2v) is 8.60. The van der Waals surface area contributed by atoms with Crippen LogP contribution in [-0.2, 0) is 16.1 Å². The number of fused-ring (bicyclic) bond motifs is 1. The number of halogens is 1. The van der Waals surface area contributed by atoms with Gasteiger partial charge in [-0.1, -0.05) is 23.7 Å². The number of hydrogen-bond acceptors (Lipinski definition) is 6. The molecule has 2 aromatic carbocycles. The van der Waals surface area contributed by atoms with Crippen molar-refractivity contribution in [1.29, 1.82) is 0 Å². The van der Waals surface area contributed by atoms with E-state index in [2.05, 4.69) is 10.2 Å². The molecule has 3 aliphatic rings. The lowest BCUT2D eigenvalue weighted by molar-refractivity contribution is -0.136. The molecule has 3 aliphatic heterocycles. The number of benzene rings is 2. The summed E-state index contributed by atoms with van der Waals surface area (Å²) in [6.45, 7) is 2.69. The molecule has 10 heteroatoms. The van der Waals surface area contributed by atoms with E-state index in [-0.39, 0.29) is 25.7 Å². The van der Waals surface area contributed by atoms with Gasteiger partial charge in [0.15, 0.2) is 11.5 Å². The molecule has 5 rings (SSSR count). The number of carbonyl (C=O) groups excluding carboxylic acids is 3. The Morgan fingerprint density at radius 1 is 1.03 bits per heavy atom. The summed E-state index contributed by atoms with van der Waals surface area (Å²) in [5, 5.41) is 3.32. The molecule has 1 atom stereocenters. The smallest absolute Gasteiger partial charge is 0.325 e. The highest BCUT2D eigenvalue weighted by Crippen LogP contribution is 2.33. The average Bonchev–Trinajstić information content (AvgIpc) is 3.39. The van der Waals surface area contributed by atoms with E-state index in [4.69, 9.17) is 21.1 Å². The number of nitrogens with zero attached hydrogens (tertiary/aromatic N) is 3. The second kappa shape index (κ2) is 8.82. The lowest BCUT2D eigenvalue weighted by Crippen LogP contribution is -2.50. The SMILES string of the molecule is O=C(CC1NC(=O)N(Cc2ccc3c(c2)OCO3)C1=O)N1CCN(c2cccc(Cl)c2)CC1. The van der Waals surface area contributed by atoms with Gasteiger partial charge in [0.25, 0.3) is 5.91 Å². The van der Waals surface area contributed by atoms with Gasteiger partial charge in [-0.15, -0.1) is 0 Å². The predicted octanol–water partition coefficient (Wildman–Crippen LogP) is 2.23. The van der Waals surface area contributed by atoms with Gasteiger partial charge in [-0.2, -0.15) is 0 Å². The van der Waals surface area contributed by atoms with Crippen LogP contribution in [0.1, 0.15) is 12.0 Å². The van der Waals surface area contributed by atoms with E-state index in [1.807, 2.05) is 24.3 Å². The quantitative estimate of drug-likeness (QED) is 0.674. The summed E-state index contributed by atoms with van der Waals surface area (Å²) in [7, 11) is 0. The minimum Gasteiger partial charge on any atom is -0.454 e. The first kappa shape index (κ1) is 21.4. The standard InChI is InChI=1S/C23H23ClN4O5/c24-16-2-1-3-17(11-16)26-6-8-27(9-7-26)21(29)12-18-22(30)28(23(31)25-18)13-15-4-5-19-20(10-15)33-14-32-19/h1-5,10-11,18H,6-9,12-14H2,(H,25,31). The molecular formula is C23H23ClN4O5. The molecule has 172 valence electrons. The monoisotopic (exact) mass is 470 g/mol. The minimum absolute atomic E-state index is 0.0562. The average molecular weight is 471 g/mol. The van der Waals surface area contributed by atoms with Crippen LogP contribution in [0.5, 0.6) is 11.5 Å². The first-order valence-corrected chi connectivity index (χ1v) is 11.1. The van der Waals surface area contributed by atoms with Crippen molar-refractivity contribution in [3.8, 4) is 11.5 Å². The number of imide groups is 1. The number of ether oxygens (including phenoxy) is 2. The molecule has 0 spiro atoms. The maximum atomic E-state index is 12.8. The summed E-state index contributed by atoms with van der Waals surface area (Å²) in [6, 6.07) is 11.6. The number of rotatable bonds is 5. The van der Waals surface area contributed by atoms with Crippen molar-refractivity contribution in [3.05, 3.63) is 53.1 Å². The van der Waals surface area contributed by atoms with Gasteiger partial charge in [-0.3, -0.25) is 14.5 Å². The fourth-order valence-electron chi connectivity index (χ4n) is 4.28. The first-order chi connectivity index (χ1) is 16.0. The zero-order valence-electron chi connectivity index (χ0n) is 17.8. The van der Waals surface area contributed by atoms with Crippen molar-refractivity contribution in [2.24, 2.45) is 0 Å². The van der Waals surface area contributed by atoms with E-state index in [9.17, 15) is 14.4 Å². The minimum atomic E-state index is -0.857. The lowest BCUT2D eigenvalue weighted by atomic mass is 10.1. The van der Waals surface area contributed by atoms with E-state index in [1.165, 1.54) is 0 Å². The third kappa shape index (κ3) is 4.41. The van der Waals surface area contributed by atoms with Crippen molar-refractivity contribution in [3.63, 3.8) is 0 Å². The van der Waals surface area contributed by atoms with Gasteiger partial charge in [-0.05, 0) is 35.9 Å². The molecule has 3 heterocycles. The van der Waals surface area contributed by atoms with E-state index in [0.29, 0.717) is 42.7 Å². The predicted molar refractivity (Wildman–Crippen MR) is 120 cm³/mol. The van der Waals surface area contributed by atoms with E-state index in [0.717, 1.165) is 16.2 Å². The van der Waals surface area contributed by atoms with Gasteiger partial charge in [-0.25, -0.2) is 4.79 Å². The van der Waals surface area contributed by atoms with Crippen LogP contribution < -0.4 is 19.7 Å². The molecule has 0 radical (unpaired) electrons. The van der Waals surface area contributed by atoms with Crippen LogP contribution in [0.4, 0.5) is 10.5 Å². The summed E-state index contributed by atoms with van der Waals surface area (Å²) < 4.78 is 10.6. The molecule has 2 fully saturated rings. The zero-order chi connectivity index (χ0) is 22.9.